The van der Waals surface area contributed by atoms with Crippen LogP contribution in [0.15, 0.2) is 12.4 Å². The lowest BCUT2D eigenvalue weighted by Crippen LogP contribution is -2.27. The number of amides is 1. The van der Waals surface area contributed by atoms with Crippen LogP contribution in [-0.4, -0.2) is 22.6 Å². The lowest BCUT2D eigenvalue weighted by molar-refractivity contribution is 0.0947. The number of nitrogens with zero attached hydrogens (tertiary/aromatic N) is 1. The first-order valence-electron chi connectivity index (χ1n) is 5.13. The summed E-state index contributed by atoms with van der Waals surface area (Å²) in [6.45, 7) is 0.810. The zero-order valence-electron chi connectivity index (χ0n) is 8.12. The molecular formula is C10H15N3O. The highest BCUT2D eigenvalue weighted by molar-refractivity contribution is 5.93. The maximum atomic E-state index is 11.5. The third-order valence-electron chi connectivity index (χ3n) is 2.79. The fourth-order valence-electron chi connectivity index (χ4n) is 1.93. The highest BCUT2D eigenvalue weighted by atomic mass is 16.1. The van der Waals surface area contributed by atoms with Crippen molar-refractivity contribution in [3.8, 4) is 0 Å². The van der Waals surface area contributed by atoms with Crippen LogP contribution in [0, 0.1) is 5.92 Å². The van der Waals surface area contributed by atoms with Gasteiger partial charge in [0.05, 0.1) is 11.8 Å². The van der Waals surface area contributed by atoms with E-state index >= 15 is 0 Å². The minimum absolute atomic E-state index is 0.0225. The third kappa shape index (κ3) is 2.13. The van der Waals surface area contributed by atoms with E-state index in [4.69, 9.17) is 0 Å². The Morgan fingerprint density at radius 1 is 1.57 bits per heavy atom. The van der Waals surface area contributed by atoms with Crippen molar-refractivity contribution in [3.05, 3.63) is 18.0 Å². The monoisotopic (exact) mass is 193 g/mol. The molecule has 1 aliphatic rings. The molecule has 1 aromatic rings. The Labute approximate surface area is 83.1 Å². The molecule has 1 saturated carbocycles. The Bertz CT molecular complexity index is 288. The number of carbonyl (C=O) groups is 1. The quantitative estimate of drug-likeness (QED) is 0.760. The van der Waals surface area contributed by atoms with Crippen molar-refractivity contribution in [1.82, 2.24) is 15.5 Å². The summed E-state index contributed by atoms with van der Waals surface area (Å²) in [4.78, 5) is 11.5. The third-order valence-corrected chi connectivity index (χ3v) is 2.79. The van der Waals surface area contributed by atoms with E-state index in [9.17, 15) is 4.79 Å². The number of hydrogen-bond donors (Lipinski definition) is 2. The van der Waals surface area contributed by atoms with Gasteiger partial charge in [-0.3, -0.25) is 9.89 Å². The van der Waals surface area contributed by atoms with Crippen molar-refractivity contribution in [3.63, 3.8) is 0 Å². The van der Waals surface area contributed by atoms with Crippen LogP contribution in [0.2, 0.25) is 0 Å². The van der Waals surface area contributed by atoms with Crippen LogP contribution in [0.25, 0.3) is 0 Å². The van der Waals surface area contributed by atoms with Gasteiger partial charge in [-0.2, -0.15) is 5.10 Å². The topological polar surface area (TPSA) is 57.8 Å². The molecule has 4 nitrogen and oxygen atoms in total. The van der Waals surface area contributed by atoms with E-state index in [1.54, 1.807) is 12.4 Å². The molecule has 0 saturated heterocycles. The number of carbonyl (C=O) groups excluding carboxylic acids is 1. The van der Waals surface area contributed by atoms with Crippen molar-refractivity contribution in [1.29, 1.82) is 0 Å². The molecular weight excluding hydrogens is 178 g/mol. The van der Waals surface area contributed by atoms with Gasteiger partial charge in [-0.05, 0) is 18.8 Å². The Hall–Kier alpha value is -1.32. The number of aromatic nitrogens is 2. The summed E-state index contributed by atoms with van der Waals surface area (Å²) in [6.07, 6.45) is 8.30. The first kappa shape index (κ1) is 9.24. The first-order valence-corrected chi connectivity index (χ1v) is 5.13. The zero-order chi connectivity index (χ0) is 9.80. The zero-order valence-corrected chi connectivity index (χ0v) is 8.12. The van der Waals surface area contributed by atoms with Gasteiger partial charge in [0.2, 0.25) is 0 Å². The van der Waals surface area contributed by atoms with Gasteiger partial charge in [0.1, 0.15) is 0 Å². The van der Waals surface area contributed by atoms with E-state index in [2.05, 4.69) is 15.5 Å². The van der Waals surface area contributed by atoms with Crippen molar-refractivity contribution in [2.24, 2.45) is 5.92 Å². The molecule has 0 atom stereocenters. The van der Waals surface area contributed by atoms with Crippen LogP contribution in [0.4, 0.5) is 0 Å². The summed E-state index contributed by atoms with van der Waals surface area (Å²) in [5.74, 6) is 0.663. The molecule has 1 amide bonds. The van der Waals surface area contributed by atoms with Crippen molar-refractivity contribution in [2.45, 2.75) is 25.7 Å². The van der Waals surface area contributed by atoms with Gasteiger partial charge in [0, 0.05) is 12.7 Å². The average molecular weight is 193 g/mol. The summed E-state index contributed by atoms with van der Waals surface area (Å²) in [7, 11) is 0. The minimum Gasteiger partial charge on any atom is -0.352 e. The normalized spacial score (nSPS) is 17.1. The van der Waals surface area contributed by atoms with Crippen LogP contribution >= 0.6 is 0 Å². The Morgan fingerprint density at radius 3 is 3.00 bits per heavy atom. The van der Waals surface area contributed by atoms with Gasteiger partial charge >= 0.3 is 0 Å². The second kappa shape index (κ2) is 4.26. The molecule has 0 bridgehead atoms. The smallest absolute Gasteiger partial charge is 0.254 e. The molecule has 1 aliphatic carbocycles. The summed E-state index contributed by atoms with van der Waals surface area (Å²) in [5.41, 5.74) is 0.614. The van der Waals surface area contributed by atoms with Crippen LogP contribution < -0.4 is 5.32 Å². The molecule has 0 spiro atoms. The second-order valence-electron chi connectivity index (χ2n) is 3.85. The molecule has 76 valence electrons. The minimum atomic E-state index is -0.0225. The van der Waals surface area contributed by atoms with Crippen LogP contribution in [-0.2, 0) is 0 Å². The predicted octanol–water partition coefficient (Wildman–Crippen LogP) is 1.33. The molecule has 1 heterocycles. The molecule has 0 radical (unpaired) electrons. The van der Waals surface area contributed by atoms with Crippen LogP contribution in [0.5, 0.6) is 0 Å². The molecule has 0 unspecified atom stereocenters. The highest BCUT2D eigenvalue weighted by Gasteiger charge is 2.16. The van der Waals surface area contributed by atoms with Gasteiger partial charge in [0.25, 0.3) is 5.91 Å². The number of nitrogens with one attached hydrogen (secondary N) is 2. The summed E-state index contributed by atoms with van der Waals surface area (Å²) in [5, 5.41) is 9.29. The van der Waals surface area contributed by atoms with Crippen LogP contribution in [0.1, 0.15) is 36.0 Å². The Balaban J connectivity index is 1.78. The fraction of sp³-hybridized carbons (Fsp3) is 0.600. The van der Waals surface area contributed by atoms with Crippen molar-refractivity contribution in [2.75, 3.05) is 6.54 Å². The number of aromatic amines is 1. The van der Waals surface area contributed by atoms with Gasteiger partial charge < -0.3 is 5.32 Å². The van der Waals surface area contributed by atoms with E-state index in [0.29, 0.717) is 11.5 Å². The molecule has 2 N–H and O–H groups in total. The lowest BCUT2D eigenvalue weighted by Gasteiger charge is -2.09. The molecule has 0 aromatic carbocycles. The van der Waals surface area contributed by atoms with Gasteiger partial charge in [-0.1, -0.05) is 12.8 Å². The number of hydrogen-bond acceptors (Lipinski definition) is 2. The van der Waals surface area contributed by atoms with Crippen LogP contribution in [0.3, 0.4) is 0 Å². The molecule has 1 aromatic heterocycles. The summed E-state index contributed by atoms with van der Waals surface area (Å²) < 4.78 is 0. The highest BCUT2D eigenvalue weighted by Crippen LogP contribution is 2.23. The van der Waals surface area contributed by atoms with Gasteiger partial charge in [0.15, 0.2) is 0 Å². The average Bonchev–Trinajstić information content (AvgIpc) is 2.87. The molecule has 2 rings (SSSR count). The summed E-state index contributed by atoms with van der Waals surface area (Å²) >= 11 is 0. The predicted molar refractivity (Wildman–Crippen MR) is 52.9 cm³/mol. The lowest BCUT2D eigenvalue weighted by atomic mass is 10.1. The van der Waals surface area contributed by atoms with Crippen molar-refractivity contribution >= 4 is 5.91 Å². The Morgan fingerprint density at radius 2 is 2.36 bits per heavy atom. The molecule has 0 aliphatic heterocycles. The van der Waals surface area contributed by atoms with E-state index in [1.165, 1.54) is 25.7 Å². The molecule has 4 heteroatoms. The van der Waals surface area contributed by atoms with Crippen molar-refractivity contribution < 1.29 is 4.79 Å². The number of H-pyrrole nitrogens is 1. The van der Waals surface area contributed by atoms with E-state index < -0.39 is 0 Å². The molecule has 14 heavy (non-hydrogen) atoms. The largest absolute Gasteiger partial charge is 0.352 e. The maximum Gasteiger partial charge on any atom is 0.254 e. The number of rotatable bonds is 3. The second-order valence-corrected chi connectivity index (χ2v) is 3.85. The van der Waals surface area contributed by atoms with E-state index in [1.807, 2.05) is 0 Å². The SMILES string of the molecule is O=C(NCC1CCCC1)c1cn[nH]c1. The van der Waals surface area contributed by atoms with E-state index in [-0.39, 0.29) is 5.91 Å². The molecule has 1 fully saturated rings. The van der Waals surface area contributed by atoms with E-state index in [0.717, 1.165) is 6.54 Å². The van der Waals surface area contributed by atoms with Gasteiger partial charge in [-0.25, -0.2) is 0 Å². The maximum absolute atomic E-state index is 11.5. The summed E-state index contributed by atoms with van der Waals surface area (Å²) in [6, 6.07) is 0. The Kier molecular flexibility index (Phi) is 2.81. The van der Waals surface area contributed by atoms with Gasteiger partial charge in [-0.15, -0.1) is 0 Å². The fourth-order valence-corrected chi connectivity index (χ4v) is 1.93. The first-order chi connectivity index (χ1) is 6.86. The standard InChI is InChI=1S/C10H15N3O/c14-10(9-6-12-13-7-9)11-5-8-3-1-2-4-8/h6-8H,1-5H2,(H,11,14)(H,12,13).